The molecule has 0 aliphatic carbocycles. The quantitative estimate of drug-likeness (QED) is 0.860. The monoisotopic (exact) mass is 252 g/mol. The lowest BCUT2D eigenvalue weighted by molar-refractivity contribution is 0.0550. The SMILES string of the molecule is COc1ccc(NC(=O)N(C)CC(C)(C)O)cc1. The average molecular weight is 252 g/mol. The van der Waals surface area contributed by atoms with Crippen molar-refractivity contribution in [3.63, 3.8) is 0 Å². The molecule has 0 radical (unpaired) electrons. The van der Waals surface area contributed by atoms with Gasteiger partial charge in [-0.3, -0.25) is 0 Å². The van der Waals surface area contributed by atoms with Crippen molar-refractivity contribution in [1.29, 1.82) is 0 Å². The molecule has 0 aromatic heterocycles. The Hall–Kier alpha value is -1.75. The first-order valence-electron chi connectivity index (χ1n) is 5.70. The van der Waals surface area contributed by atoms with E-state index in [1.54, 1.807) is 52.3 Å². The standard InChI is InChI=1S/C13H20N2O3/c1-13(2,17)9-15(3)12(16)14-10-5-7-11(18-4)8-6-10/h5-8,17H,9H2,1-4H3,(H,14,16). The Labute approximate surface area is 107 Å². The van der Waals surface area contributed by atoms with Crippen LogP contribution >= 0.6 is 0 Å². The molecule has 0 unspecified atom stereocenters. The molecule has 0 saturated carbocycles. The maximum Gasteiger partial charge on any atom is 0.321 e. The van der Waals surface area contributed by atoms with Gasteiger partial charge in [0.25, 0.3) is 0 Å². The fraction of sp³-hybridized carbons (Fsp3) is 0.462. The zero-order valence-corrected chi connectivity index (χ0v) is 11.2. The topological polar surface area (TPSA) is 61.8 Å². The van der Waals surface area contributed by atoms with Gasteiger partial charge in [-0.1, -0.05) is 0 Å². The van der Waals surface area contributed by atoms with Gasteiger partial charge in [0.05, 0.1) is 19.3 Å². The van der Waals surface area contributed by atoms with Crippen LogP contribution in [-0.4, -0.2) is 42.3 Å². The van der Waals surface area contributed by atoms with Gasteiger partial charge in [-0.15, -0.1) is 0 Å². The van der Waals surface area contributed by atoms with Crippen molar-refractivity contribution in [2.45, 2.75) is 19.4 Å². The summed E-state index contributed by atoms with van der Waals surface area (Å²) >= 11 is 0. The minimum absolute atomic E-state index is 0.259. The second-order valence-electron chi connectivity index (χ2n) is 4.83. The number of nitrogens with zero attached hydrogens (tertiary/aromatic N) is 1. The van der Waals surface area contributed by atoms with E-state index >= 15 is 0 Å². The van der Waals surface area contributed by atoms with Crippen molar-refractivity contribution < 1.29 is 14.6 Å². The molecule has 0 aliphatic heterocycles. The molecule has 1 rings (SSSR count). The number of benzene rings is 1. The number of hydrogen-bond donors (Lipinski definition) is 2. The van der Waals surface area contributed by atoms with Crippen molar-refractivity contribution in [1.82, 2.24) is 4.90 Å². The number of rotatable bonds is 4. The van der Waals surface area contributed by atoms with Crippen LogP contribution in [0.15, 0.2) is 24.3 Å². The second-order valence-corrected chi connectivity index (χ2v) is 4.83. The Bertz CT molecular complexity index is 396. The lowest BCUT2D eigenvalue weighted by Crippen LogP contribution is -2.41. The first kappa shape index (κ1) is 14.3. The lowest BCUT2D eigenvalue weighted by Gasteiger charge is -2.25. The molecule has 0 bridgehead atoms. The summed E-state index contributed by atoms with van der Waals surface area (Å²) in [6.45, 7) is 3.57. The molecule has 0 aliphatic rings. The third kappa shape index (κ3) is 4.63. The molecule has 2 N–H and O–H groups in total. The van der Waals surface area contributed by atoms with Crippen LogP contribution in [0, 0.1) is 0 Å². The number of likely N-dealkylation sites (N-methyl/N-ethyl adjacent to an activating group) is 1. The molecule has 100 valence electrons. The van der Waals surface area contributed by atoms with E-state index in [1.165, 1.54) is 4.90 Å². The van der Waals surface area contributed by atoms with Crippen LogP contribution in [0.2, 0.25) is 0 Å². The third-order valence-corrected chi connectivity index (χ3v) is 2.31. The van der Waals surface area contributed by atoms with Crippen LogP contribution in [0.4, 0.5) is 10.5 Å². The van der Waals surface area contributed by atoms with E-state index in [9.17, 15) is 9.90 Å². The molecule has 0 spiro atoms. The molecule has 1 aromatic carbocycles. The normalized spacial score (nSPS) is 10.9. The molecule has 5 nitrogen and oxygen atoms in total. The van der Waals surface area contributed by atoms with Crippen LogP contribution in [0.1, 0.15) is 13.8 Å². The van der Waals surface area contributed by atoms with Crippen LogP contribution in [0.25, 0.3) is 0 Å². The number of carbonyl (C=O) groups is 1. The molecule has 0 atom stereocenters. The van der Waals surface area contributed by atoms with Crippen molar-refractivity contribution in [3.05, 3.63) is 24.3 Å². The Kier molecular flexibility index (Phi) is 4.55. The zero-order chi connectivity index (χ0) is 13.8. The van der Waals surface area contributed by atoms with Gasteiger partial charge in [-0.25, -0.2) is 4.79 Å². The first-order valence-corrected chi connectivity index (χ1v) is 5.70. The smallest absolute Gasteiger partial charge is 0.321 e. The van der Waals surface area contributed by atoms with Crippen molar-refractivity contribution in [3.8, 4) is 5.75 Å². The molecular weight excluding hydrogens is 232 g/mol. The first-order chi connectivity index (χ1) is 8.31. The minimum Gasteiger partial charge on any atom is -0.497 e. The second kappa shape index (κ2) is 5.73. The summed E-state index contributed by atoms with van der Waals surface area (Å²) in [5, 5.41) is 12.4. The highest BCUT2D eigenvalue weighted by atomic mass is 16.5. The van der Waals surface area contributed by atoms with Gasteiger partial charge in [-0.05, 0) is 38.1 Å². The number of methoxy groups -OCH3 is 1. The summed E-state index contributed by atoms with van der Waals surface area (Å²) in [4.78, 5) is 13.3. The summed E-state index contributed by atoms with van der Waals surface area (Å²) in [6.07, 6.45) is 0. The average Bonchev–Trinajstić information content (AvgIpc) is 2.27. The molecule has 18 heavy (non-hydrogen) atoms. The molecule has 1 aromatic rings. The lowest BCUT2D eigenvalue weighted by atomic mass is 10.1. The number of anilines is 1. The van der Waals surface area contributed by atoms with Crippen LogP contribution < -0.4 is 10.1 Å². The maximum atomic E-state index is 11.8. The number of aliphatic hydroxyl groups is 1. The highest BCUT2D eigenvalue weighted by Crippen LogP contribution is 2.15. The Morgan fingerprint density at radius 2 is 1.94 bits per heavy atom. The van der Waals surface area contributed by atoms with Gasteiger partial charge in [0.1, 0.15) is 5.75 Å². The highest BCUT2D eigenvalue weighted by molar-refractivity contribution is 5.89. The van der Waals surface area contributed by atoms with E-state index in [0.29, 0.717) is 5.69 Å². The summed E-state index contributed by atoms with van der Waals surface area (Å²) in [6, 6.07) is 6.79. The summed E-state index contributed by atoms with van der Waals surface area (Å²) in [7, 11) is 3.22. The number of nitrogens with one attached hydrogen (secondary N) is 1. The largest absolute Gasteiger partial charge is 0.497 e. The number of urea groups is 1. The fourth-order valence-electron chi connectivity index (χ4n) is 1.55. The van der Waals surface area contributed by atoms with Crippen molar-refractivity contribution >= 4 is 11.7 Å². The van der Waals surface area contributed by atoms with Gasteiger partial charge in [-0.2, -0.15) is 0 Å². The Morgan fingerprint density at radius 1 is 1.39 bits per heavy atom. The van der Waals surface area contributed by atoms with E-state index in [-0.39, 0.29) is 12.6 Å². The predicted molar refractivity (Wildman–Crippen MR) is 70.9 cm³/mol. The summed E-state index contributed by atoms with van der Waals surface area (Å²) in [5.74, 6) is 0.734. The molecule has 0 fully saturated rings. The van der Waals surface area contributed by atoms with E-state index in [2.05, 4.69) is 5.32 Å². The predicted octanol–water partition coefficient (Wildman–Crippen LogP) is 1.93. The fourth-order valence-corrected chi connectivity index (χ4v) is 1.55. The van der Waals surface area contributed by atoms with Gasteiger partial charge in [0.2, 0.25) is 0 Å². The number of amides is 2. The van der Waals surface area contributed by atoms with Crippen molar-refractivity contribution in [2.75, 3.05) is 26.0 Å². The Balaban J connectivity index is 2.58. The maximum absolute atomic E-state index is 11.8. The van der Waals surface area contributed by atoms with Crippen LogP contribution in [-0.2, 0) is 0 Å². The van der Waals surface area contributed by atoms with E-state index in [4.69, 9.17) is 4.74 Å². The summed E-state index contributed by atoms with van der Waals surface area (Å²) < 4.78 is 5.03. The van der Waals surface area contributed by atoms with E-state index in [1.807, 2.05) is 0 Å². The summed E-state index contributed by atoms with van der Waals surface area (Å²) in [5.41, 5.74) is -0.227. The number of hydrogen-bond acceptors (Lipinski definition) is 3. The highest BCUT2D eigenvalue weighted by Gasteiger charge is 2.19. The molecule has 5 heteroatoms. The third-order valence-electron chi connectivity index (χ3n) is 2.31. The van der Waals surface area contributed by atoms with Crippen molar-refractivity contribution in [2.24, 2.45) is 0 Å². The molecular formula is C13H20N2O3. The molecule has 0 saturated heterocycles. The number of ether oxygens (including phenoxy) is 1. The minimum atomic E-state index is -0.911. The molecule has 2 amide bonds. The van der Waals surface area contributed by atoms with Crippen LogP contribution in [0.5, 0.6) is 5.75 Å². The van der Waals surface area contributed by atoms with E-state index < -0.39 is 5.60 Å². The van der Waals surface area contributed by atoms with Gasteiger partial charge in [0, 0.05) is 12.7 Å². The Morgan fingerprint density at radius 3 is 2.39 bits per heavy atom. The van der Waals surface area contributed by atoms with E-state index in [0.717, 1.165) is 5.75 Å². The zero-order valence-electron chi connectivity index (χ0n) is 11.2. The van der Waals surface area contributed by atoms with Gasteiger partial charge in [0.15, 0.2) is 0 Å². The van der Waals surface area contributed by atoms with Crippen LogP contribution in [0.3, 0.4) is 0 Å². The number of carbonyl (C=O) groups excluding carboxylic acids is 1. The van der Waals surface area contributed by atoms with Gasteiger partial charge >= 0.3 is 6.03 Å². The molecule has 0 heterocycles. The van der Waals surface area contributed by atoms with Gasteiger partial charge < -0.3 is 20.1 Å².